The van der Waals surface area contributed by atoms with E-state index in [1.165, 1.54) is 15.8 Å². The number of thiazole rings is 1. The Morgan fingerprint density at radius 2 is 1.95 bits per heavy atom. The number of nitrogens with zero attached hydrogens (tertiary/aromatic N) is 1. The normalized spacial score (nSPS) is 12.5. The zero-order valence-electron chi connectivity index (χ0n) is 11.8. The van der Waals surface area contributed by atoms with Crippen molar-refractivity contribution in [3.8, 4) is 0 Å². The maximum absolute atomic E-state index is 4.66. The lowest BCUT2D eigenvalue weighted by Crippen LogP contribution is -2.17. The van der Waals surface area contributed by atoms with E-state index in [2.05, 4.69) is 72.7 Å². The Morgan fingerprint density at radius 3 is 2.75 bits per heavy atom. The van der Waals surface area contributed by atoms with Gasteiger partial charge in [0.05, 0.1) is 10.2 Å². The minimum atomic E-state index is 0.374. The number of benzene rings is 2. The Kier molecular flexibility index (Phi) is 3.70. The fourth-order valence-electron chi connectivity index (χ4n) is 2.33. The first-order chi connectivity index (χ1) is 9.70. The SMILES string of the molecule is Cc1ccc2sc(NC(C)Cc3ccccc3)nc2c1. The standard InChI is InChI=1S/C17H18N2S/c1-12-8-9-16-15(10-12)19-17(20-16)18-13(2)11-14-6-4-3-5-7-14/h3-10,13H,11H2,1-2H3,(H,18,19). The van der Waals surface area contributed by atoms with E-state index in [4.69, 9.17) is 0 Å². The van der Waals surface area contributed by atoms with Crippen molar-refractivity contribution in [3.63, 3.8) is 0 Å². The van der Waals surface area contributed by atoms with Gasteiger partial charge >= 0.3 is 0 Å². The van der Waals surface area contributed by atoms with Crippen LogP contribution in [0.15, 0.2) is 48.5 Å². The molecule has 0 radical (unpaired) electrons. The van der Waals surface area contributed by atoms with Crippen LogP contribution in [0.25, 0.3) is 10.2 Å². The lowest BCUT2D eigenvalue weighted by atomic mass is 10.1. The molecule has 0 aliphatic carbocycles. The first kappa shape index (κ1) is 13.1. The summed E-state index contributed by atoms with van der Waals surface area (Å²) >= 11 is 1.72. The molecule has 1 unspecified atom stereocenters. The van der Waals surface area contributed by atoms with Crippen LogP contribution < -0.4 is 5.32 Å². The number of hydrogen-bond acceptors (Lipinski definition) is 3. The molecule has 0 bridgehead atoms. The Bertz CT molecular complexity index is 703. The van der Waals surface area contributed by atoms with Crippen LogP contribution in [-0.2, 0) is 6.42 Å². The van der Waals surface area contributed by atoms with E-state index >= 15 is 0 Å². The van der Waals surface area contributed by atoms with Crippen LogP contribution in [0, 0.1) is 6.92 Å². The number of aryl methyl sites for hydroxylation is 1. The van der Waals surface area contributed by atoms with Gasteiger partial charge in [-0.3, -0.25) is 0 Å². The van der Waals surface area contributed by atoms with E-state index in [0.29, 0.717) is 6.04 Å². The topological polar surface area (TPSA) is 24.9 Å². The Morgan fingerprint density at radius 1 is 1.15 bits per heavy atom. The summed E-state index contributed by atoms with van der Waals surface area (Å²) < 4.78 is 1.24. The molecular formula is C17H18N2S. The zero-order valence-corrected chi connectivity index (χ0v) is 12.6. The Labute approximate surface area is 123 Å². The van der Waals surface area contributed by atoms with Crippen molar-refractivity contribution < 1.29 is 0 Å². The van der Waals surface area contributed by atoms with Gasteiger partial charge in [0.15, 0.2) is 5.13 Å². The van der Waals surface area contributed by atoms with Gasteiger partial charge in [0, 0.05) is 6.04 Å². The van der Waals surface area contributed by atoms with Gasteiger partial charge in [-0.05, 0) is 43.5 Å². The van der Waals surface area contributed by atoms with Crippen LogP contribution in [0.3, 0.4) is 0 Å². The highest BCUT2D eigenvalue weighted by molar-refractivity contribution is 7.22. The van der Waals surface area contributed by atoms with Crippen LogP contribution in [0.1, 0.15) is 18.1 Å². The average Bonchev–Trinajstić information content (AvgIpc) is 2.80. The van der Waals surface area contributed by atoms with Crippen molar-refractivity contribution in [1.29, 1.82) is 0 Å². The fourth-order valence-corrected chi connectivity index (χ4v) is 3.29. The number of nitrogens with one attached hydrogen (secondary N) is 1. The molecule has 3 rings (SSSR count). The van der Waals surface area contributed by atoms with Crippen molar-refractivity contribution >= 4 is 26.7 Å². The van der Waals surface area contributed by atoms with E-state index in [-0.39, 0.29) is 0 Å². The van der Waals surface area contributed by atoms with Crippen molar-refractivity contribution in [3.05, 3.63) is 59.7 Å². The van der Waals surface area contributed by atoms with Crippen molar-refractivity contribution in [2.45, 2.75) is 26.3 Å². The maximum Gasteiger partial charge on any atom is 0.184 e. The molecule has 102 valence electrons. The summed E-state index contributed by atoms with van der Waals surface area (Å²) in [5.74, 6) is 0. The molecule has 2 aromatic carbocycles. The number of aromatic nitrogens is 1. The number of rotatable bonds is 4. The number of anilines is 1. The van der Waals surface area contributed by atoms with Crippen molar-refractivity contribution in [2.24, 2.45) is 0 Å². The third-order valence-corrected chi connectivity index (χ3v) is 4.27. The summed E-state index contributed by atoms with van der Waals surface area (Å²) in [6, 6.07) is 17.4. The first-order valence-corrected chi connectivity index (χ1v) is 7.70. The molecule has 3 aromatic rings. The molecule has 0 saturated heterocycles. The van der Waals surface area contributed by atoms with E-state index in [0.717, 1.165) is 17.1 Å². The third-order valence-electron chi connectivity index (χ3n) is 3.30. The minimum absolute atomic E-state index is 0.374. The summed E-state index contributed by atoms with van der Waals surface area (Å²) in [6.45, 7) is 4.30. The van der Waals surface area contributed by atoms with Crippen LogP contribution in [0.4, 0.5) is 5.13 Å². The summed E-state index contributed by atoms with van der Waals surface area (Å²) in [5, 5.41) is 4.52. The van der Waals surface area contributed by atoms with Crippen LogP contribution in [0.2, 0.25) is 0 Å². The highest BCUT2D eigenvalue weighted by Gasteiger charge is 2.08. The van der Waals surface area contributed by atoms with E-state index in [1.807, 2.05) is 0 Å². The first-order valence-electron chi connectivity index (χ1n) is 6.88. The lowest BCUT2D eigenvalue weighted by molar-refractivity contribution is 0.789. The second-order valence-electron chi connectivity index (χ2n) is 5.23. The van der Waals surface area contributed by atoms with Gasteiger partial charge in [-0.25, -0.2) is 4.98 Å². The minimum Gasteiger partial charge on any atom is -0.359 e. The molecule has 1 N–H and O–H groups in total. The molecule has 2 nitrogen and oxygen atoms in total. The fraction of sp³-hybridized carbons (Fsp3) is 0.235. The molecule has 1 aromatic heterocycles. The van der Waals surface area contributed by atoms with Crippen LogP contribution >= 0.6 is 11.3 Å². The van der Waals surface area contributed by atoms with Gasteiger partial charge in [0.25, 0.3) is 0 Å². The summed E-state index contributed by atoms with van der Waals surface area (Å²) in [5.41, 5.74) is 3.69. The van der Waals surface area contributed by atoms with Gasteiger partial charge in [-0.1, -0.05) is 47.7 Å². The molecule has 0 amide bonds. The van der Waals surface area contributed by atoms with Crippen molar-refractivity contribution in [1.82, 2.24) is 4.98 Å². The molecule has 0 aliphatic rings. The van der Waals surface area contributed by atoms with Gasteiger partial charge in [0.2, 0.25) is 0 Å². The predicted octanol–water partition coefficient (Wildman–Crippen LogP) is 4.65. The molecule has 0 aliphatic heterocycles. The largest absolute Gasteiger partial charge is 0.359 e. The summed E-state index contributed by atoms with van der Waals surface area (Å²) in [4.78, 5) is 4.66. The second-order valence-corrected chi connectivity index (χ2v) is 6.26. The summed E-state index contributed by atoms with van der Waals surface area (Å²) in [6.07, 6.45) is 1.01. The van der Waals surface area contributed by atoms with Crippen LogP contribution in [-0.4, -0.2) is 11.0 Å². The number of fused-ring (bicyclic) bond motifs is 1. The van der Waals surface area contributed by atoms with E-state index in [9.17, 15) is 0 Å². The molecule has 0 spiro atoms. The predicted molar refractivity (Wildman–Crippen MR) is 87.6 cm³/mol. The lowest BCUT2D eigenvalue weighted by Gasteiger charge is -2.12. The van der Waals surface area contributed by atoms with Crippen molar-refractivity contribution in [2.75, 3.05) is 5.32 Å². The van der Waals surface area contributed by atoms with Crippen LogP contribution in [0.5, 0.6) is 0 Å². The quantitative estimate of drug-likeness (QED) is 0.753. The third kappa shape index (κ3) is 2.99. The van der Waals surface area contributed by atoms with Gasteiger partial charge in [-0.15, -0.1) is 0 Å². The van der Waals surface area contributed by atoms with E-state index < -0.39 is 0 Å². The summed E-state index contributed by atoms with van der Waals surface area (Å²) in [7, 11) is 0. The molecule has 20 heavy (non-hydrogen) atoms. The van der Waals surface area contributed by atoms with Gasteiger partial charge in [0.1, 0.15) is 0 Å². The Hall–Kier alpha value is -1.87. The average molecular weight is 282 g/mol. The highest BCUT2D eigenvalue weighted by atomic mass is 32.1. The molecular weight excluding hydrogens is 264 g/mol. The zero-order chi connectivity index (χ0) is 13.9. The maximum atomic E-state index is 4.66. The molecule has 0 fully saturated rings. The molecule has 0 saturated carbocycles. The molecule has 1 heterocycles. The Balaban J connectivity index is 1.72. The second kappa shape index (κ2) is 5.63. The van der Waals surface area contributed by atoms with Gasteiger partial charge < -0.3 is 5.32 Å². The van der Waals surface area contributed by atoms with Gasteiger partial charge in [-0.2, -0.15) is 0 Å². The number of hydrogen-bond donors (Lipinski definition) is 1. The smallest absolute Gasteiger partial charge is 0.184 e. The van der Waals surface area contributed by atoms with E-state index in [1.54, 1.807) is 11.3 Å². The monoisotopic (exact) mass is 282 g/mol. The molecule has 1 atom stereocenters. The highest BCUT2D eigenvalue weighted by Crippen LogP contribution is 2.27. The molecule has 3 heteroatoms.